The van der Waals surface area contributed by atoms with Gasteiger partial charge in [-0.05, 0) is 41.6 Å². The van der Waals surface area contributed by atoms with Crippen molar-refractivity contribution < 1.29 is 9.53 Å². The van der Waals surface area contributed by atoms with Crippen molar-refractivity contribution in [1.29, 1.82) is 0 Å². The summed E-state index contributed by atoms with van der Waals surface area (Å²) >= 11 is 0. The zero-order valence-electron chi connectivity index (χ0n) is 13.9. The van der Waals surface area contributed by atoms with Gasteiger partial charge in [-0.1, -0.05) is 48.5 Å². The third-order valence-corrected chi connectivity index (χ3v) is 4.32. The molecule has 1 aromatic heterocycles. The maximum absolute atomic E-state index is 11.8. The van der Waals surface area contributed by atoms with Gasteiger partial charge in [0.2, 0.25) is 0 Å². The maximum atomic E-state index is 11.8. The van der Waals surface area contributed by atoms with Crippen LogP contribution in [-0.4, -0.2) is 17.6 Å². The van der Waals surface area contributed by atoms with Crippen LogP contribution in [0.5, 0.6) is 0 Å². The molecule has 0 fully saturated rings. The molecule has 1 heterocycles. The molecule has 3 nitrogen and oxygen atoms in total. The average Bonchev–Trinajstić information content (AvgIpc) is 2.67. The van der Waals surface area contributed by atoms with Gasteiger partial charge in [-0.15, -0.1) is 0 Å². The number of carbonyl (C=O) groups is 1. The van der Waals surface area contributed by atoms with E-state index in [1.807, 2.05) is 42.6 Å². The van der Waals surface area contributed by atoms with Gasteiger partial charge in [0.15, 0.2) is 0 Å². The first kappa shape index (κ1) is 15.3. The number of carbonyl (C=O) groups excluding carboxylic acids is 1. The molecule has 0 saturated carbocycles. The molecule has 4 aromatic rings. The van der Waals surface area contributed by atoms with E-state index in [2.05, 4.69) is 35.3 Å². The lowest BCUT2D eigenvalue weighted by molar-refractivity contribution is 0.0526. The lowest BCUT2D eigenvalue weighted by atomic mass is 9.95. The first-order valence-electron chi connectivity index (χ1n) is 8.32. The molecule has 3 aromatic carbocycles. The zero-order chi connectivity index (χ0) is 17.2. The van der Waals surface area contributed by atoms with Crippen LogP contribution in [0.3, 0.4) is 0 Å². The summed E-state index contributed by atoms with van der Waals surface area (Å²) in [4.78, 5) is 16.4. The third-order valence-electron chi connectivity index (χ3n) is 4.32. The van der Waals surface area contributed by atoms with Gasteiger partial charge in [-0.25, -0.2) is 4.79 Å². The molecule has 122 valence electrons. The fraction of sp³-hybridized carbons (Fsp3) is 0.0909. The van der Waals surface area contributed by atoms with E-state index in [1.54, 1.807) is 6.92 Å². The summed E-state index contributed by atoms with van der Waals surface area (Å²) in [5, 5.41) is 3.40. The Morgan fingerprint density at radius 3 is 2.48 bits per heavy atom. The van der Waals surface area contributed by atoms with Crippen LogP contribution in [0.2, 0.25) is 0 Å². The summed E-state index contributed by atoms with van der Waals surface area (Å²) in [5.41, 5.74) is 3.72. The zero-order valence-corrected chi connectivity index (χ0v) is 13.9. The molecule has 0 N–H and O–H groups in total. The largest absolute Gasteiger partial charge is 0.462 e. The molecule has 0 amide bonds. The minimum Gasteiger partial charge on any atom is -0.462 e. The van der Waals surface area contributed by atoms with Gasteiger partial charge in [-0.2, -0.15) is 0 Å². The Bertz CT molecular complexity index is 1070. The van der Waals surface area contributed by atoms with Crippen molar-refractivity contribution in [2.24, 2.45) is 0 Å². The van der Waals surface area contributed by atoms with Crippen molar-refractivity contribution in [1.82, 2.24) is 4.98 Å². The number of rotatable bonds is 3. The van der Waals surface area contributed by atoms with Crippen LogP contribution in [0.15, 0.2) is 72.9 Å². The Labute approximate surface area is 145 Å². The Kier molecular flexibility index (Phi) is 3.90. The van der Waals surface area contributed by atoms with E-state index in [0.29, 0.717) is 12.2 Å². The first-order chi connectivity index (χ1) is 12.3. The van der Waals surface area contributed by atoms with Crippen LogP contribution in [0, 0.1) is 0 Å². The second-order valence-corrected chi connectivity index (χ2v) is 5.84. The summed E-state index contributed by atoms with van der Waals surface area (Å²) in [7, 11) is 0. The molecule has 25 heavy (non-hydrogen) atoms. The minimum absolute atomic E-state index is 0.293. The predicted molar refractivity (Wildman–Crippen MR) is 101 cm³/mol. The minimum atomic E-state index is -0.293. The van der Waals surface area contributed by atoms with Crippen LogP contribution in [-0.2, 0) is 4.74 Å². The molecule has 0 bridgehead atoms. The first-order valence-corrected chi connectivity index (χ1v) is 8.32. The molecule has 0 unspecified atom stereocenters. The fourth-order valence-corrected chi connectivity index (χ4v) is 3.15. The Balaban J connectivity index is 1.89. The molecule has 0 spiro atoms. The molecule has 0 radical (unpaired) electrons. The van der Waals surface area contributed by atoms with Crippen molar-refractivity contribution in [3.63, 3.8) is 0 Å². The van der Waals surface area contributed by atoms with Crippen molar-refractivity contribution in [3.8, 4) is 11.1 Å². The van der Waals surface area contributed by atoms with E-state index < -0.39 is 0 Å². The number of fused-ring (bicyclic) bond motifs is 3. The summed E-state index contributed by atoms with van der Waals surface area (Å²) in [6, 6.07) is 22.0. The number of pyridine rings is 1. The second kappa shape index (κ2) is 6.36. The second-order valence-electron chi connectivity index (χ2n) is 5.84. The third kappa shape index (κ3) is 2.74. The number of esters is 1. The number of nitrogens with zero attached hydrogens (tertiary/aromatic N) is 1. The van der Waals surface area contributed by atoms with Crippen molar-refractivity contribution in [3.05, 3.63) is 78.5 Å². The van der Waals surface area contributed by atoms with Crippen LogP contribution < -0.4 is 0 Å². The van der Waals surface area contributed by atoms with Gasteiger partial charge in [0.1, 0.15) is 0 Å². The lowest BCUT2D eigenvalue weighted by Gasteiger charge is -2.10. The van der Waals surface area contributed by atoms with E-state index in [-0.39, 0.29) is 5.97 Å². The molecule has 3 heteroatoms. The maximum Gasteiger partial charge on any atom is 0.338 e. The van der Waals surface area contributed by atoms with Gasteiger partial charge in [0, 0.05) is 17.0 Å². The number of benzene rings is 3. The summed E-state index contributed by atoms with van der Waals surface area (Å²) in [6.45, 7) is 2.18. The normalized spacial score (nSPS) is 10.9. The Morgan fingerprint density at radius 1 is 0.920 bits per heavy atom. The lowest BCUT2D eigenvalue weighted by Crippen LogP contribution is -2.04. The summed E-state index contributed by atoms with van der Waals surface area (Å²) in [6.07, 6.45) is 1.82. The van der Waals surface area contributed by atoms with E-state index in [4.69, 9.17) is 4.74 Å². The average molecular weight is 327 g/mol. The van der Waals surface area contributed by atoms with E-state index in [9.17, 15) is 4.79 Å². The monoisotopic (exact) mass is 327 g/mol. The van der Waals surface area contributed by atoms with Crippen molar-refractivity contribution >= 4 is 27.6 Å². The molecule has 0 aliphatic rings. The van der Waals surface area contributed by atoms with E-state index >= 15 is 0 Å². The number of hydrogen-bond donors (Lipinski definition) is 0. The smallest absolute Gasteiger partial charge is 0.338 e. The van der Waals surface area contributed by atoms with E-state index in [0.717, 1.165) is 32.8 Å². The van der Waals surface area contributed by atoms with Crippen LogP contribution in [0.1, 0.15) is 17.3 Å². The SMILES string of the molecule is CCOC(=O)c1ccc(-c2cccc3ccc4cccnc4c23)cc1. The van der Waals surface area contributed by atoms with Crippen LogP contribution >= 0.6 is 0 Å². The van der Waals surface area contributed by atoms with Crippen molar-refractivity contribution in [2.75, 3.05) is 6.61 Å². The van der Waals surface area contributed by atoms with Crippen LogP contribution in [0.4, 0.5) is 0 Å². The van der Waals surface area contributed by atoms with Gasteiger partial charge < -0.3 is 4.74 Å². The predicted octanol–water partition coefficient (Wildman–Crippen LogP) is 5.23. The molecule has 0 aliphatic carbocycles. The number of ether oxygens (including phenoxy) is 1. The molecule has 4 rings (SSSR count). The summed E-state index contributed by atoms with van der Waals surface area (Å²) < 4.78 is 5.05. The highest BCUT2D eigenvalue weighted by molar-refractivity contribution is 6.12. The highest BCUT2D eigenvalue weighted by Gasteiger charge is 2.10. The highest BCUT2D eigenvalue weighted by atomic mass is 16.5. The molecule has 0 atom stereocenters. The van der Waals surface area contributed by atoms with Gasteiger partial charge in [-0.3, -0.25) is 4.98 Å². The summed E-state index contributed by atoms with van der Waals surface area (Å²) in [5.74, 6) is -0.293. The molecule has 0 saturated heterocycles. The van der Waals surface area contributed by atoms with Crippen molar-refractivity contribution in [2.45, 2.75) is 6.92 Å². The van der Waals surface area contributed by atoms with Gasteiger partial charge in [0.25, 0.3) is 0 Å². The quantitative estimate of drug-likeness (QED) is 0.382. The highest BCUT2D eigenvalue weighted by Crippen LogP contribution is 2.33. The Morgan fingerprint density at radius 2 is 1.68 bits per heavy atom. The molecular formula is C22H17NO2. The van der Waals surface area contributed by atoms with E-state index in [1.165, 1.54) is 0 Å². The van der Waals surface area contributed by atoms with Gasteiger partial charge in [0.05, 0.1) is 17.7 Å². The fourth-order valence-electron chi connectivity index (χ4n) is 3.15. The molecule has 0 aliphatic heterocycles. The number of aromatic nitrogens is 1. The standard InChI is InChI=1S/C22H17NO2/c1-2-25-22(24)18-12-8-15(9-13-18)19-7-3-5-16-10-11-17-6-4-14-23-21(17)20(16)19/h3-14H,2H2,1H3. The number of hydrogen-bond acceptors (Lipinski definition) is 3. The van der Waals surface area contributed by atoms with Crippen LogP contribution in [0.25, 0.3) is 32.8 Å². The molecular weight excluding hydrogens is 310 g/mol. The Hall–Kier alpha value is -3.20. The topological polar surface area (TPSA) is 39.2 Å². The van der Waals surface area contributed by atoms with Gasteiger partial charge >= 0.3 is 5.97 Å².